The van der Waals surface area contributed by atoms with Gasteiger partial charge in [0.15, 0.2) is 0 Å². The average molecular weight is 672 g/mol. The minimum Gasteiger partial charge on any atom is -0.0885 e. The van der Waals surface area contributed by atoms with Crippen molar-refractivity contribution in [1.82, 2.24) is 0 Å². The largest absolute Gasteiger partial charge is 0.0908 e. The molecule has 0 spiro atoms. The smallest absolute Gasteiger partial charge is 0.0885 e. The van der Waals surface area contributed by atoms with Gasteiger partial charge in [-0.2, -0.15) is 0 Å². The van der Waals surface area contributed by atoms with Crippen LogP contribution in [0.4, 0.5) is 0 Å². The van der Waals surface area contributed by atoms with Crippen LogP contribution in [0.1, 0.15) is 19.3 Å². The molecule has 0 unspecified atom stereocenters. The van der Waals surface area contributed by atoms with Crippen molar-refractivity contribution in [2.75, 3.05) is 40.0 Å². The van der Waals surface area contributed by atoms with Gasteiger partial charge in [-0.15, -0.1) is 0 Å². The number of allylic oxidation sites excluding steroid dienone is 2. The maximum atomic E-state index is 2.31. The van der Waals surface area contributed by atoms with Crippen LogP contribution in [0.5, 0.6) is 0 Å². The number of rotatable bonds is 3. The minimum atomic E-state index is -0.212. The average Bonchev–Trinajstić information content (AvgIpc) is 3.42. The first-order valence-electron chi connectivity index (χ1n) is 11.6. The van der Waals surface area contributed by atoms with E-state index in [-0.39, 0.29) is 44.2 Å². The van der Waals surface area contributed by atoms with E-state index in [4.69, 9.17) is 0 Å². The fourth-order valence-electron chi connectivity index (χ4n) is 2.90. The van der Waals surface area contributed by atoms with Crippen LogP contribution in [0.3, 0.4) is 0 Å². The van der Waals surface area contributed by atoms with E-state index in [1.54, 1.807) is 0 Å². The van der Waals surface area contributed by atoms with Crippen LogP contribution in [0.25, 0.3) is 0 Å². The molecule has 0 nitrogen and oxygen atoms in total. The Bertz CT molecular complexity index is 723. The third-order valence-corrected chi connectivity index (χ3v) is 9.43. The van der Waals surface area contributed by atoms with Crippen LogP contribution >= 0.6 is 23.8 Å². The summed E-state index contributed by atoms with van der Waals surface area (Å²) < 4.78 is 0. The SMILES string of the molecule is C1=CCCC1.C[PH+](C)c1ccccc1.C[PH+](C)c1ccccc1.C[PH+](C)c1ccccc1.[Re]. The van der Waals surface area contributed by atoms with Gasteiger partial charge in [-0.3, -0.25) is 0 Å². The Morgan fingerprint density at radius 1 is 0.424 bits per heavy atom. The zero-order valence-electron chi connectivity index (χ0n) is 21.3. The number of hydrogen-bond acceptors (Lipinski definition) is 0. The molecule has 4 rings (SSSR count). The molecule has 3 aromatic carbocycles. The molecule has 0 saturated heterocycles. The summed E-state index contributed by atoms with van der Waals surface area (Å²) in [5.41, 5.74) is 0. The third kappa shape index (κ3) is 16.6. The predicted molar refractivity (Wildman–Crippen MR) is 162 cm³/mol. The second-order valence-corrected chi connectivity index (χ2v) is 16.2. The summed E-state index contributed by atoms with van der Waals surface area (Å²) in [4.78, 5) is 0. The fraction of sp³-hybridized carbons (Fsp3) is 0.310. The zero-order valence-corrected chi connectivity index (χ0v) is 27.0. The molecule has 1 aliphatic carbocycles. The Labute approximate surface area is 221 Å². The van der Waals surface area contributed by atoms with Gasteiger partial charge < -0.3 is 0 Å². The molecular weight excluding hydrogens is 627 g/mol. The van der Waals surface area contributed by atoms with E-state index in [2.05, 4.69) is 143 Å². The molecule has 1 radical (unpaired) electrons. The second kappa shape index (κ2) is 20.7. The second-order valence-electron chi connectivity index (χ2n) is 8.50. The molecule has 4 heteroatoms. The first-order chi connectivity index (χ1) is 15.4. The van der Waals surface area contributed by atoms with Crippen molar-refractivity contribution in [3.8, 4) is 0 Å². The first-order valence-corrected chi connectivity index (χ1v) is 19.1. The molecule has 0 heterocycles. The number of hydrogen-bond donors (Lipinski definition) is 0. The molecule has 0 aromatic heterocycles. The van der Waals surface area contributed by atoms with E-state index in [1.807, 2.05) is 0 Å². The molecule has 0 bridgehead atoms. The van der Waals surface area contributed by atoms with E-state index in [0.717, 1.165) is 0 Å². The van der Waals surface area contributed by atoms with Gasteiger partial charge >= 0.3 is 0 Å². The van der Waals surface area contributed by atoms with Gasteiger partial charge in [0.1, 0.15) is 0 Å². The Morgan fingerprint density at radius 2 is 0.667 bits per heavy atom. The molecule has 0 aliphatic heterocycles. The van der Waals surface area contributed by atoms with Crippen molar-refractivity contribution in [1.29, 1.82) is 0 Å². The van der Waals surface area contributed by atoms with E-state index in [0.29, 0.717) is 0 Å². The normalized spacial score (nSPS) is 11.4. The van der Waals surface area contributed by atoms with E-state index in [1.165, 1.54) is 35.2 Å². The van der Waals surface area contributed by atoms with Crippen molar-refractivity contribution >= 4 is 39.7 Å². The maximum Gasteiger partial charge on any atom is 0.0908 e. The van der Waals surface area contributed by atoms with Crippen LogP contribution in [-0.4, -0.2) is 40.0 Å². The molecular formula is C29H44P3Re+3. The van der Waals surface area contributed by atoms with Gasteiger partial charge in [-0.05, 0) is 55.7 Å². The summed E-state index contributed by atoms with van der Waals surface area (Å²) in [6, 6.07) is 32.0. The monoisotopic (exact) mass is 672 g/mol. The van der Waals surface area contributed by atoms with E-state index >= 15 is 0 Å². The third-order valence-electron chi connectivity index (χ3n) is 4.96. The Balaban J connectivity index is 0.000000417. The van der Waals surface area contributed by atoms with Crippen LogP contribution in [0.2, 0.25) is 0 Å². The Kier molecular flexibility index (Phi) is 20.3. The number of benzene rings is 3. The van der Waals surface area contributed by atoms with Crippen LogP contribution in [-0.2, 0) is 20.4 Å². The van der Waals surface area contributed by atoms with Crippen molar-refractivity contribution < 1.29 is 20.4 Å². The summed E-state index contributed by atoms with van der Waals surface area (Å²) in [5, 5.41) is 4.55. The van der Waals surface area contributed by atoms with Gasteiger partial charge in [-0.25, -0.2) is 0 Å². The molecule has 1 aliphatic rings. The Morgan fingerprint density at radius 3 is 0.788 bits per heavy atom. The van der Waals surface area contributed by atoms with Crippen molar-refractivity contribution in [2.45, 2.75) is 19.3 Å². The van der Waals surface area contributed by atoms with Gasteiger partial charge in [0, 0.05) is 44.2 Å². The molecule has 0 fully saturated rings. The Hall–Kier alpha value is -0.648. The minimum absolute atomic E-state index is 0. The maximum absolute atomic E-state index is 2.31. The predicted octanol–water partition coefficient (Wildman–Crippen LogP) is 7.08. The van der Waals surface area contributed by atoms with Crippen molar-refractivity contribution in [3.63, 3.8) is 0 Å². The molecule has 179 valence electrons. The van der Waals surface area contributed by atoms with E-state index in [9.17, 15) is 0 Å². The molecule has 0 N–H and O–H groups in total. The van der Waals surface area contributed by atoms with Gasteiger partial charge in [0.2, 0.25) is 0 Å². The standard InChI is InChI=1S/3C8H11P.C5H8.Re/c3*1-9(2)8-6-4-3-5-7-8;1-2-4-5-3-1;/h3*3-7H,1-2H3;1-2H,3-5H2;/p+3. The molecule has 3 aromatic rings. The van der Waals surface area contributed by atoms with Crippen molar-refractivity contribution in [3.05, 3.63) is 103 Å². The molecule has 0 atom stereocenters. The quantitative estimate of drug-likeness (QED) is 0.206. The molecule has 0 saturated carbocycles. The first kappa shape index (κ1) is 32.4. The topological polar surface area (TPSA) is 0 Å². The summed E-state index contributed by atoms with van der Waals surface area (Å²) >= 11 is 0. The molecule has 33 heavy (non-hydrogen) atoms. The van der Waals surface area contributed by atoms with Gasteiger partial charge in [0.05, 0.1) is 55.9 Å². The van der Waals surface area contributed by atoms with Gasteiger partial charge in [-0.1, -0.05) is 66.7 Å². The zero-order chi connectivity index (χ0) is 23.6. The summed E-state index contributed by atoms with van der Waals surface area (Å²) in [6.07, 6.45) is 8.50. The molecule has 0 amide bonds. The fourth-order valence-corrected chi connectivity index (χ4v) is 5.48. The summed E-state index contributed by atoms with van der Waals surface area (Å²) in [6.45, 7) is 13.8. The summed E-state index contributed by atoms with van der Waals surface area (Å²) in [7, 11) is -0.637. The van der Waals surface area contributed by atoms with Crippen LogP contribution in [0, 0.1) is 0 Å². The van der Waals surface area contributed by atoms with Crippen molar-refractivity contribution in [2.24, 2.45) is 0 Å². The van der Waals surface area contributed by atoms with E-state index < -0.39 is 0 Å². The van der Waals surface area contributed by atoms with Gasteiger partial charge in [0.25, 0.3) is 0 Å². The van der Waals surface area contributed by atoms with Crippen LogP contribution in [0.15, 0.2) is 103 Å². The van der Waals surface area contributed by atoms with Crippen LogP contribution < -0.4 is 15.9 Å². The summed E-state index contributed by atoms with van der Waals surface area (Å²) in [5.74, 6) is 0.